The lowest BCUT2D eigenvalue weighted by Gasteiger charge is -2.30. The summed E-state index contributed by atoms with van der Waals surface area (Å²) in [5.74, 6) is 0.842. The zero-order valence-electron chi connectivity index (χ0n) is 43.3. The summed E-state index contributed by atoms with van der Waals surface area (Å²) in [7, 11) is 0. The molecule has 10 aliphatic heterocycles. The van der Waals surface area contributed by atoms with E-state index >= 15 is 0 Å². The molecule has 30 nitrogen and oxygen atoms in total. The van der Waals surface area contributed by atoms with E-state index in [0.29, 0.717) is 61.2 Å². The molecule has 80 heavy (non-hydrogen) atoms. The van der Waals surface area contributed by atoms with Gasteiger partial charge in [-0.1, -0.05) is 32.9 Å². The van der Waals surface area contributed by atoms with Gasteiger partial charge in [0.15, 0.2) is 0 Å². The van der Waals surface area contributed by atoms with Gasteiger partial charge in [-0.25, -0.2) is 0 Å². The Hall–Kier alpha value is -6.85. The summed E-state index contributed by atoms with van der Waals surface area (Å²) in [5.41, 5.74) is 0. The van der Waals surface area contributed by atoms with Crippen molar-refractivity contribution in [3.63, 3.8) is 0 Å². The van der Waals surface area contributed by atoms with E-state index in [1.54, 1.807) is 55.5 Å². The van der Waals surface area contributed by atoms with Crippen molar-refractivity contribution in [1.82, 2.24) is 51.1 Å². The van der Waals surface area contributed by atoms with E-state index < -0.39 is 92.2 Å². The molecule has 0 radical (unpaired) electrons. The Morgan fingerprint density at radius 2 is 0.688 bits per heavy atom. The summed E-state index contributed by atoms with van der Waals surface area (Å²) in [6, 6.07) is 0. The van der Waals surface area contributed by atoms with Crippen LogP contribution in [-0.2, 0) is 47.7 Å². The van der Waals surface area contributed by atoms with Gasteiger partial charge in [0, 0.05) is 93.5 Å². The zero-order chi connectivity index (χ0) is 58.5. The first-order chi connectivity index (χ1) is 38.1. The van der Waals surface area contributed by atoms with Crippen molar-refractivity contribution in [2.24, 2.45) is 0 Å². The van der Waals surface area contributed by atoms with Crippen molar-refractivity contribution in [3.8, 4) is 0 Å². The number of carbonyl (C=O) groups excluding carboxylic acids is 5. The van der Waals surface area contributed by atoms with Crippen molar-refractivity contribution < 1.29 is 98.7 Å². The highest BCUT2D eigenvalue weighted by Gasteiger charge is 2.42. The maximum absolute atomic E-state index is 11.0. The number of rotatable bonds is 10. The predicted molar refractivity (Wildman–Crippen MR) is 273 cm³/mol. The molecule has 0 saturated carbocycles. The van der Waals surface area contributed by atoms with Crippen molar-refractivity contribution >= 4 is 29.5 Å². The third-order valence-electron chi connectivity index (χ3n) is 13.3. The molecule has 10 heterocycles. The number of aliphatic hydroxyl groups excluding tert-OH is 10. The predicted octanol–water partition coefficient (Wildman–Crippen LogP) is -5.64. The number of carbonyl (C=O) groups is 5. The molecule has 0 unspecified atom stereocenters. The van der Waals surface area contributed by atoms with Crippen LogP contribution < -0.4 is 26.6 Å². The Morgan fingerprint density at radius 1 is 0.438 bits per heavy atom. The Balaban J connectivity index is 0.000000161. The van der Waals surface area contributed by atoms with E-state index in [1.165, 1.54) is 30.4 Å². The van der Waals surface area contributed by atoms with Gasteiger partial charge in [0.1, 0.15) is 90.8 Å². The molecular formula is C50H70N10O20. The van der Waals surface area contributed by atoms with Crippen LogP contribution in [0.25, 0.3) is 0 Å². The van der Waals surface area contributed by atoms with Crippen molar-refractivity contribution in [2.45, 2.75) is 124 Å². The first-order valence-corrected chi connectivity index (χ1v) is 25.1. The summed E-state index contributed by atoms with van der Waals surface area (Å²) < 4.78 is 27.2. The number of amides is 5. The molecule has 15 atom stereocenters. The fraction of sp³-hybridized carbons (Fsp3) is 0.500. The number of hydrogen-bond acceptors (Lipinski definition) is 25. The summed E-state index contributed by atoms with van der Waals surface area (Å²) in [5, 5.41) is 105. The van der Waals surface area contributed by atoms with Gasteiger partial charge in [0.05, 0.1) is 63.6 Å². The van der Waals surface area contributed by atoms with E-state index in [4.69, 9.17) is 49.2 Å². The van der Waals surface area contributed by atoms with Crippen LogP contribution in [-0.4, -0.2) is 230 Å². The Bertz CT molecular complexity index is 2090. The normalized spacial score (nSPS) is 34.4. The number of ether oxygens (including phenoxy) is 5. The van der Waals surface area contributed by atoms with Gasteiger partial charge >= 0.3 is 0 Å². The second-order valence-electron chi connectivity index (χ2n) is 18.9. The van der Waals surface area contributed by atoms with Crippen LogP contribution in [0, 0.1) is 0 Å². The highest BCUT2D eigenvalue weighted by atomic mass is 18.2. The quantitative estimate of drug-likeness (QED) is 0.0907. The molecule has 15 N–H and O–H groups in total. The van der Waals surface area contributed by atoms with E-state index in [9.17, 15) is 49.5 Å². The number of nitrogens with one attached hydrogen (secondary N) is 5. The van der Waals surface area contributed by atoms with Gasteiger partial charge in [-0.2, -0.15) is 0 Å². The highest BCUT2D eigenvalue weighted by molar-refractivity contribution is 5.91. The Morgan fingerprint density at radius 3 is 0.925 bits per heavy atom. The number of nitrogens with zero attached hydrogens (tertiary/aromatic N) is 5. The van der Waals surface area contributed by atoms with E-state index in [0.717, 1.165) is 0 Å². The molecule has 5 saturated heterocycles. The largest absolute Gasteiger partial charge is 0.394 e. The van der Waals surface area contributed by atoms with Gasteiger partial charge in [0.25, 0.3) is 29.5 Å². The number of hydrogen-bond donors (Lipinski definition) is 15. The van der Waals surface area contributed by atoms with Crippen molar-refractivity contribution in [3.05, 3.63) is 123 Å². The maximum atomic E-state index is 11.0. The molecule has 0 aromatic carbocycles. The standard InChI is InChI=1S/5C10H14N2O4/c5*1-6-11-9(15)2-3-12(6)10-4-7(14)8(5-13)16-10/h5*2-3,7-8,10,13-14H,1,4-5H2,(H,11,15)/t5*7-,8-,10-/m11111/s1/i15+2;14+2;13+2;;. The molecule has 0 aromatic rings. The topological polar surface area (TPSA) is 410 Å². The molecular weight excluding hydrogens is 1070 g/mol. The summed E-state index contributed by atoms with van der Waals surface area (Å²) in [6.07, 6.45) is 7.96. The molecule has 0 aliphatic carbocycles. The minimum atomic E-state index is -0.700. The highest BCUT2D eigenvalue weighted by Crippen LogP contribution is 2.30. The molecule has 5 fully saturated rings. The van der Waals surface area contributed by atoms with E-state index in [1.807, 2.05) is 0 Å². The molecule has 0 bridgehead atoms. The molecule has 10 aliphatic rings. The molecule has 10 rings (SSSR count). The lowest BCUT2D eigenvalue weighted by molar-refractivity contribution is -0.118. The molecule has 440 valence electrons. The monoisotopic (exact) mass is 1140 g/mol. The zero-order valence-corrected chi connectivity index (χ0v) is 43.3. The molecule has 0 aromatic heterocycles. The van der Waals surface area contributed by atoms with E-state index in [-0.39, 0.29) is 62.6 Å². The third-order valence-corrected chi connectivity index (χ3v) is 13.3. The molecule has 5 amide bonds. The van der Waals surface area contributed by atoms with Crippen molar-refractivity contribution in [1.29, 1.82) is 0 Å². The van der Waals surface area contributed by atoms with Crippen LogP contribution in [0.3, 0.4) is 0 Å². The summed E-state index contributed by atoms with van der Waals surface area (Å²) in [4.78, 5) is 63.1. The fourth-order valence-corrected chi connectivity index (χ4v) is 9.03. The minimum absolute atomic E-state index is 0.228. The minimum Gasteiger partial charge on any atom is -0.394 e. The average molecular weight is 1140 g/mol. The molecule has 30 heteroatoms. The second kappa shape index (κ2) is 28.5. The van der Waals surface area contributed by atoms with Gasteiger partial charge in [-0.15, -0.1) is 0 Å². The van der Waals surface area contributed by atoms with Crippen LogP contribution in [0.2, 0.25) is 0 Å². The van der Waals surface area contributed by atoms with Gasteiger partial charge in [0.2, 0.25) is 0 Å². The van der Waals surface area contributed by atoms with Gasteiger partial charge < -0.3 is 126 Å². The summed E-state index contributed by atoms with van der Waals surface area (Å²) >= 11 is 0. The van der Waals surface area contributed by atoms with Crippen molar-refractivity contribution in [2.75, 3.05) is 33.0 Å². The van der Waals surface area contributed by atoms with Gasteiger partial charge in [-0.3, -0.25) is 24.0 Å². The molecule has 0 spiro atoms. The lowest BCUT2D eigenvalue weighted by atomic mass is 10.2. The number of aliphatic hydroxyl groups is 10. The fourth-order valence-electron chi connectivity index (χ4n) is 9.03. The SMILES string of the molecule is C=C1NC(=O)C=CN1[C@H]1C[C@@H](O)[C@@H](CO)O1.C=C1NC(=O)C=CN1[C@H]1C[C@@H](O)[C@@H](CO)O1.C=C1NC(=O)C=CN1[C@H]1C[C@@H](O)[C@@H](C[18OH])O1.C=C1NC(=O)C=CN1[C@H]1C[C@@H]([18OH])[C@@H](CO)O1.C=C1NC(=[18O])C=CN1[C@H]1C[C@@H](O)[C@@H](CO)O1. The first kappa shape index (κ1) is 62.3. The lowest BCUT2D eigenvalue weighted by Crippen LogP contribution is -2.41. The Labute approximate surface area is 459 Å². The van der Waals surface area contributed by atoms with Crippen LogP contribution in [0.5, 0.6) is 0 Å². The Kier molecular flexibility index (Phi) is 22.2. The van der Waals surface area contributed by atoms with Crippen LogP contribution >= 0.6 is 0 Å². The van der Waals surface area contributed by atoms with Crippen LogP contribution in [0.4, 0.5) is 0 Å². The van der Waals surface area contributed by atoms with Gasteiger partial charge in [-0.05, 0) is 0 Å². The van der Waals surface area contributed by atoms with Crippen LogP contribution in [0.15, 0.2) is 123 Å². The van der Waals surface area contributed by atoms with Crippen LogP contribution in [0.1, 0.15) is 32.1 Å². The smallest absolute Gasteiger partial charge is 0.250 e. The maximum Gasteiger partial charge on any atom is 0.250 e. The second-order valence-corrected chi connectivity index (χ2v) is 18.9. The average Bonchev–Trinajstić information content (AvgIpc) is 4.29. The first-order valence-electron chi connectivity index (χ1n) is 25.1. The van der Waals surface area contributed by atoms with E-state index in [2.05, 4.69) is 59.5 Å². The third kappa shape index (κ3) is 16.0. The summed E-state index contributed by atoms with van der Waals surface area (Å²) in [6.45, 7) is 17.3.